The average molecular weight is 435 g/mol. The molecule has 4 rings (SSSR count). The molecular weight excluding hydrogens is 414 g/mol. The number of carbonyl (C=O) groups excluding carboxylic acids is 1. The van der Waals surface area contributed by atoms with Crippen molar-refractivity contribution in [3.05, 3.63) is 52.9 Å². The molecule has 1 fully saturated rings. The number of aromatic nitrogens is 2. The molecule has 2 amide bonds. The average Bonchev–Trinajstić information content (AvgIpc) is 3.10. The number of hydrogen-bond acceptors (Lipinski definition) is 3. The molecule has 158 valence electrons. The quantitative estimate of drug-likeness (QED) is 0.428. The zero-order chi connectivity index (χ0) is 21.3. The van der Waals surface area contributed by atoms with Gasteiger partial charge in [-0.2, -0.15) is 0 Å². The van der Waals surface area contributed by atoms with Crippen molar-refractivity contribution in [3.63, 3.8) is 0 Å². The van der Waals surface area contributed by atoms with Gasteiger partial charge in [-0.1, -0.05) is 11.6 Å². The van der Waals surface area contributed by atoms with Crippen LogP contribution in [-0.2, 0) is 6.61 Å². The Kier molecular flexibility index (Phi) is 5.62. The van der Waals surface area contributed by atoms with E-state index >= 15 is 0 Å². The summed E-state index contributed by atoms with van der Waals surface area (Å²) in [6.45, 7) is -0.284. The summed E-state index contributed by atoms with van der Waals surface area (Å²) in [7, 11) is 0. The lowest BCUT2D eigenvalue weighted by Crippen LogP contribution is -2.25. The van der Waals surface area contributed by atoms with Crippen LogP contribution in [0.4, 0.5) is 25.0 Å². The molecule has 9 heteroatoms. The Labute approximate surface area is 176 Å². The van der Waals surface area contributed by atoms with Crippen LogP contribution in [0.3, 0.4) is 0 Å². The number of pyridine rings is 1. The second-order valence-corrected chi connectivity index (χ2v) is 7.96. The van der Waals surface area contributed by atoms with Gasteiger partial charge in [0.2, 0.25) is 5.92 Å². The molecule has 2 aromatic heterocycles. The van der Waals surface area contributed by atoms with E-state index in [0.29, 0.717) is 40.5 Å². The maximum absolute atomic E-state index is 13.4. The van der Waals surface area contributed by atoms with Crippen LogP contribution in [0.1, 0.15) is 42.9 Å². The van der Waals surface area contributed by atoms with Gasteiger partial charge in [-0.15, -0.1) is 0 Å². The zero-order valence-electron chi connectivity index (χ0n) is 16.0. The number of carbonyl (C=O) groups is 1. The summed E-state index contributed by atoms with van der Waals surface area (Å²) in [5.74, 6) is -2.74. The molecule has 0 unspecified atom stereocenters. The second kappa shape index (κ2) is 8.20. The van der Waals surface area contributed by atoms with E-state index in [2.05, 4.69) is 20.6 Å². The lowest BCUT2D eigenvalue weighted by Gasteiger charge is -2.29. The number of fused-ring (bicyclic) bond motifs is 1. The molecule has 0 spiro atoms. The van der Waals surface area contributed by atoms with Gasteiger partial charge in [-0.3, -0.25) is 4.98 Å². The van der Waals surface area contributed by atoms with Gasteiger partial charge in [0.1, 0.15) is 0 Å². The van der Waals surface area contributed by atoms with E-state index in [-0.39, 0.29) is 25.4 Å². The molecule has 1 aromatic carbocycles. The largest absolute Gasteiger partial charge is 0.392 e. The van der Waals surface area contributed by atoms with Crippen LogP contribution in [0, 0.1) is 0 Å². The minimum Gasteiger partial charge on any atom is -0.392 e. The van der Waals surface area contributed by atoms with Crippen molar-refractivity contribution in [2.45, 2.75) is 44.1 Å². The highest BCUT2D eigenvalue weighted by atomic mass is 35.5. The van der Waals surface area contributed by atoms with Crippen LogP contribution < -0.4 is 10.6 Å². The number of urea groups is 1. The summed E-state index contributed by atoms with van der Waals surface area (Å²) in [4.78, 5) is 19.8. The summed E-state index contributed by atoms with van der Waals surface area (Å²) in [5, 5.41) is 16.5. The molecule has 0 atom stereocenters. The number of H-pyrrole nitrogens is 1. The summed E-state index contributed by atoms with van der Waals surface area (Å²) < 4.78 is 26.8. The number of anilines is 2. The highest BCUT2D eigenvalue weighted by molar-refractivity contribution is 6.31. The third-order valence-electron chi connectivity index (χ3n) is 5.43. The second-order valence-electron chi connectivity index (χ2n) is 7.53. The Hall–Kier alpha value is -2.71. The van der Waals surface area contributed by atoms with Gasteiger partial charge in [0.15, 0.2) is 0 Å². The monoisotopic (exact) mass is 434 g/mol. The van der Waals surface area contributed by atoms with Gasteiger partial charge in [0.05, 0.1) is 24.2 Å². The Balaban J connectivity index is 1.46. The van der Waals surface area contributed by atoms with Gasteiger partial charge >= 0.3 is 6.03 Å². The highest BCUT2D eigenvalue weighted by Gasteiger charge is 2.36. The Morgan fingerprint density at radius 1 is 1.27 bits per heavy atom. The third-order valence-corrected chi connectivity index (χ3v) is 5.66. The Bertz CT molecular complexity index is 1080. The lowest BCUT2D eigenvalue weighted by atomic mass is 9.83. The molecule has 4 N–H and O–H groups in total. The smallest absolute Gasteiger partial charge is 0.323 e. The summed E-state index contributed by atoms with van der Waals surface area (Å²) in [6, 6.07) is 6.46. The van der Waals surface area contributed by atoms with E-state index in [0.717, 1.165) is 10.9 Å². The molecule has 1 saturated carbocycles. The summed E-state index contributed by atoms with van der Waals surface area (Å²) in [6.07, 6.45) is 3.43. The number of nitrogens with one attached hydrogen (secondary N) is 3. The van der Waals surface area contributed by atoms with Crippen LogP contribution in [0.25, 0.3) is 10.9 Å². The predicted molar refractivity (Wildman–Crippen MR) is 112 cm³/mol. The van der Waals surface area contributed by atoms with Crippen molar-refractivity contribution in [3.8, 4) is 0 Å². The van der Waals surface area contributed by atoms with Crippen molar-refractivity contribution in [1.82, 2.24) is 9.97 Å². The van der Waals surface area contributed by atoms with Crippen molar-refractivity contribution in [2.24, 2.45) is 0 Å². The van der Waals surface area contributed by atoms with Crippen molar-refractivity contribution < 1.29 is 18.7 Å². The van der Waals surface area contributed by atoms with E-state index in [1.54, 1.807) is 24.4 Å². The normalized spacial score (nSPS) is 16.5. The molecular formula is C21H21ClF2N4O2. The number of hydrogen-bond donors (Lipinski definition) is 4. The van der Waals surface area contributed by atoms with Crippen molar-refractivity contribution >= 4 is 39.9 Å². The molecule has 0 saturated heterocycles. The van der Waals surface area contributed by atoms with Crippen LogP contribution in [0.2, 0.25) is 5.02 Å². The van der Waals surface area contributed by atoms with E-state index in [9.17, 15) is 18.7 Å². The number of rotatable bonds is 4. The fourth-order valence-corrected chi connectivity index (χ4v) is 4.05. The minimum atomic E-state index is -2.62. The molecule has 30 heavy (non-hydrogen) atoms. The Morgan fingerprint density at radius 3 is 2.77 bits per heavy atom. The van der Waals surface area contributed by atoms with E-state index < -0.39 is 12.0 Å². The number of amides is 2. The van der Waals surface area contributed by atoms with Crippen molar-refractivity contribution in [1.29, 1.82) is 0 Å². The molecule has 3 aromatic rings. The number of halogens is 3. The predicted octanol–water partition coefficient (Wildman–Crippen LogP) is 5.65. The van der Waals surface area contributed by atoms with Crippen LogP contribution in [0.5, 0.6) is 0 Å². The first kappa shape index (κ1) is 20.6. The molecule has 0 radical (unpaired) electrons. The number of alkyl halides is 2. The molecule has 6 nitrogen and oxygen atoms in total. The van der Waals surface area contributed by atoms with Crippen LogP contribution in [0.15, 0.2) is 36.7 Å². The van der Waals surface area contributed by atoms with Gasteiger partial charge < -0.3 is 20.7 Å². The summed E-state index contributed by atoms with van der Waals surface area (Å²) >= 11 is 6.03. The maximum Gasteiger partial charge on any atom is 0.323 e. The van der Waals surface area contributed by atoms with Gasteiger partial charge in [0, 0.05) is 52.1 Å². The lowest BCUT2D eigenvalue weighted by molar-refractivity contribution is -0.0385. The molecule has 2 heterocycles. The van der Waals surface area contributed by atoms with Gasteiger partial charge in [0.25, 0.3) is 0 Å². The molecule has 1 aliphatic carbocycles. The third kappa shape index (κ3) is 4.39. The fraction of sp³-hybridized carbons (Fsp3) is 0.333. The minimum absolute atomic E-state index is 0.120. The first-order chi connectivity index (χ1) is 14.3. The highest BCUT2D eigenvalue weighted by Crippen LogP contribution is 2.41. The first-order valence-corrected chi connectivity index (χ1v) is 10.0. The molecule has 1 aliphatic rings. The van der Waals surface area contributed by atoms with E-state index in [1.165, 1.54) is 6.20 Å². The molecule has 0 bridgehead atoms. The topological polar surface area (TPSA) is 90.0 Å². The number of benzene rings is 1. The van der Waals surface area contributed by atoms with Gasteiger partial charge in [-0.05, 0) is 37.1 Å². The first-order valence-electron chi connectivity index (χ1n) is 9.67. The number of aliphatic hydroxyl groups excluding tert-OH is 1. The van der Waals surface area contributed by atoms with E-state index in [1.807, 2.05) is 6.07 Å². The maximum atomic E-state index is 13.4. The van der Waals surface area contributed by atoms with Crippen LogP contribution in [-0.4, -0.2) is 27.0 Å². The number of aromatic amines is 1. The zero-order valence-corrected chi connectivity index (χ0v) is 16.8. The summed E-state index contributed by atoms with van der Waals surface area (Å²) in [5.41, 5.74) is 2.95. The van der Waals surface area contributed by atoms with Crippen molar-refractivity contribution in [2.75, 3.05) is 10.6 Å². The fourth-order valence-electron chi connectivity index (χ4n) is 3.88. The number of nitrogens with zero attached hydrogens (tertiary/aromatic N) is 1. The standard InChI is InChI=1S/C21H21ClF2N4O2/c22-14-1-2-17-16(8-14)18(10-25-17)28-20(30)27-15-7-13(11-29)19(26-9-15)12-3-5-21(23,24)6-4-12/h1-2,7-10,12,25,29H,3-6,11H2,(H2,27,28,30). The number of aliphatic hydroxyl groups is 1. The Morgan fingerprint density at radius 2 is 2.03 bits per heavy atom. The SMILES string of the molecule is O=C(Nc1cnc(C2CCC(F)(F)CC2)c(CO)c1)Nc1c[nH]c2ccc(Cl)cc12. The molecule has 0 aliphatic heterocycles. The van der Waals surface area contributed by atoms with Gasteiger partial charge in [-0.25, -0.2) is 13.6 Å². The van der Waals surface area contributed by atoms with E-state index in [4.69, 9.17) is 11.6 Å². The van der Waals surface area contributed by atoms with Crippen LogP contribution >= 0.6 is 11.6 Å².